The fourth-order valence-electron chi connectivity index (χ4n) is 2.40. The van der Waals surface area contributed by atoms with Crippen LogP contribution < -0.4 is 5.56 Å². The fourth-order valence-corrected chi connectivity index (χ4v) is 3.31. The molecule has 4 rings (SSSR count). The van der Waals surface area contributed by atoms with Crippen molar-refractivity contribution >= 4 is 28.4 Å². The van der Waals surface area contributed by atoms with Gasteiger partial charge in [-0.2, -0.15) is 0 Å². The fraction of sp³-hybridized carbons (Fsp3) is 0. The molecule has 0 amide bonds. The lowest BCUT2D eigenvalue weighted by molar-refractivity contribution is 1.08. The SMILES string of the molecule is O=c1cc(/C=C/c2cccnc2)nc2scc(-c3ccncc3)n12. The van der Waals surface area contributed by atoms with E-state index in [0.717, 1.165) is 16.8 Å². The van der Waals surface area contributed by atoms with Crippen molar-refractivity contribution < 1.29 is 0 Å². The Bertz CT molecular complexity index is 1070. The molecule has 116 valence electrons. The molecule has 0 atom stereocenters. The van der Waals surface area contributed by atoms with Crippen LogP contribution in [0.2, 0.25) is 0 Å². The van der Waals surface area contributed by atoms with Gasteiger partial charge in [-0.3, -0.25) is 19.2 Å². The van der Waals surface area contributed by atoms with Gasteiger partial charge >= 0.3 is 0 Å². The van der Waals surface area contributed by atoms with Gasteiger partial charge in [0.2, 0.25) is 0 Å². The maximum atomic E-state index is 12.5. The van der Waals surface area contributed by atoms with Gasteiger partial charge in [0.15, 0.2) is 4.96 Å². The van der Waals surface area contributed by atoms with E-state index in [1.807, 2.05) is 41.8 Å². The Labute approximate surface area is 141 Å². The van der Waals surface area contributed by atoms with Crippen molar-refractivity contribution in [1.29, 1.82) is 0 Å². The second-order valence-corrected chi connectivity index (χ2v) is 5.95. The van der Waals surface area contributed by atoms with Gasteiger partial charge in [-0.15, -0.1) is 11.3 Å². The summed E-state index contributed by atoms with van der Waals surface area (Å²) >= 11 is 1.44. The Balaban J connectivity index is 1.77. The van der Waals surface area contributed by atoms with Gasteiger partial charge < -0.3 is 0 Å². The minimum atomic E-state index is -0.0982. The van der Waals surface area contributed by atoms with E-state index in [1.54, 1.807) is 29.2 Å². The van der Waals surface area contributed by atoms with Crippen molar-refractivity contribution in [2.45, 2.75) is 0 Å². The van der Waals surface area contributed by atoms with Crippen LogP contribution in [-0.2, 0) is 0 Å². The number of hydrogen-bond donors (Lipinski definition) is 0. The minimum Gasteiger partial charge on any atom is -0.269 e. The number of pyridine rings is 2. The Morgan fingerprint density at radius 3 is 2.71 bits per heavy atom. The van der Waals surface area contributed by atoms with E-state index < -0.39 is 0 Å². The average molecular weight is 332 g/mol. The van der Waals surface area contributed by atoms with E-state index in [2.05, 4.69) is 15.0 Å². The van der Waals surface area contributed by atoms with Crippen molar-refractivity contribution in [2.75, 3.05) is 0 Å². The minimum absolute atomic E-state index is 0.0982. The first-order valence-electron chi connectivity index (χ1n) is 7.31. The number of thiazole rings is 1. The molecule has 0 saturated heterocycles. The first-order chi connectivity index (χ1) is 11.8. The monoisotopic (exact) mass is 332 g/mol. The lowest BCUT2D eigenvalue weighted by Crippen LogP contribution is -2.13. The predicted octanol–water partition coefficient (Wildman–Crippen LogP) is 3.38. The van der Waals surface area contributed by atoms with E-state index in [4.69, 9.17) is 0 Å². The summed E-state index contributed by atoms with van der Waals surface area (Å²) in [4.78, 5) is 25.8. The zero-order valence-electron chi connectivity index (χ0n) is 12.5. The summed E-state index contributed by atoms with van der Waals surface area (Å²) in [6, 6.07) is 9.11. The van der Waals surface area contributed by atoms with E-state index in [9.17, 15) is 4.79 Å². The van der Waals surface area contributed by atoms with Crippen molar-refractivity contribution in [3.05, 3.63) is 82.1 Å². The third-order valence-corrected chi connectivity index (χ3v) is 4.36. The molecule has 4 aromatic rings. The molecule has 0 aliphatic carbocycles. The summed E-state index contributed by atoms with van der Waals surface area (Å²) < 4.78 is 1.63. The molecule has 0 aliphatic rings. The summed E-state index contributed by atoms with van der Waals surface area (Å²) in [5.74, 6) is 0. The van der Waals surface area contributed by atoms with Gasteiger partial charge in [0.1, 0.15) is 0 Å². The molecule has 0 spiro atoms. The van der Waals surface area contributed by atoms with Crippen LogP contribution in [0.3, 0.4) is 0 Å². The molecular weight excluding hydrogens is 320 g/mol. The van der Waals surface area contributed by atoms with E-state index in [1.165, 1.54) is 17.4 Å². The highest BCUT2D eigenvalue weighted by molar-refractivity contribution is 7.15. The second-order valence-electron chi connectivity index (χ2n) is 5.11. The average Bonchev–Trinajstić information content (AvgIpc) is 3.06. The van der Waals surface area contributed by atoms with Crippen LogP contribution in [0.5, 0.6) is 0 Å². The number of hydrogen-bond acceptors (Lipinski definition) is 5. The first-order valence-corrected chi connectivity index (χ1v) is 8.19. The number of rotatable bonds is 3. The molecule has 0 aromatic carbocycles. The maximum absolute atomic E-state index is 12.5. The van der Waals surface area contributed by atoms with Crippen molar-refractivity contribution in [3.63, 3.8) is 0 Å². The third-order valence-electron chi connectivity index (χ3n) is 3.53. The molecule has 5 nitrogen and oxygen atoms in total. The molecule has 4 aromatic heterocycles. The molecular formula is C18H12N4OS. The van der Waals surface area contributed by atoms with E-state index in [-0.39, 0.29) is 5.56 Å². The van der Waals surface area contributed by atoms with Crippen molar-refractivity contribution in [3.8, 4) is 11.3 Å². The van der Waals surface area contributed by atoms with Crippen LogP contribution in [0.15, 0.2) is 65.3 Å². The molecule has 0 radical (unpaired) electrons. The summed E-state index contributed by atoms with van der Waals surface area (Å²) in [6.45, 7) is 0. The van der Waals surface area contributed by atoms with Crippen LogP contribution in [-0.4, -0.2) is 19.4 Å². The van der Waals surface area contributed by atoms with Gasteiger partial charge in [0.25, 0.3) is 5.56 Å². The second kappa shape index (κ2) is 6.17. The van der Waals surface area contributed by atoms with Gasteiger partial charge in [0.05, 0.1) is 11.4 Å². The molecule has 24 heavy (non-hydrogen) atoms. The summed E-state index contributed by atoms with van der Waals surface area (Å²) in [7, 11) is 0. The van der Waals surface area contributed by atoms with Gasteiger partial charge in [0, 0.05) is 41.8 Å². The zero-order chi connectivity index (χ0) is 16.4. The number of nitrogens with zero attached hydrogens (tertiary/aromatic N) is 4. The highest BCUT2D eigenvalue weighted by atomic mass is 32.1. The van der Waals surface area contributed by atoms with E-state index >= 15 is 0 Å². The largest absolute Gasteiger partial charge is 0.269 e. The lowest BCUT2D eigenvalue weighted by Gasteiger charge is -2.01. The smallest absolute Gasteiger partial charge is 0.259 e. The molecule has 6 heteroatoms. The molecule has 0 fully saturated rings. The number of aromatic nitrogens is 4. The Morgan fingerprint density at radius 2 is 1.92 bits per heavy atom. The highest BCUT2D eigenvalue weighted by Crippen LogP contribution is 2.23. The summed E-state index contributed by atoms with van der Waals surface area (Å²) in [6.07, 6.45) is 10.6. The lowest BCUT2D eigenvalue weighted by atomic mass is 10.2. The highest BCUT2D eigenvalue weighted by Gasteiger charge is 2.09. The number of fused-ring (bicyclic) bond motifs is 1. The summed E-state index contributed by atoms with van der Waals surface area (Å²) in [5.41, 5.74) is 3.27. The molecule has 0 aliphatic heterocycles. The first kappa shape index (κ1) is 14.5. The van der Waals surface area contributed by atoms with Crippen LogP contribution in [0, 0.1) is 0 Å². The molecule has 0 saturated carbocycles. The Hall–Kier alpha value is -3.12. The third kappa shape index (κ3) is 2.75. The van der Waals surface area contributed by atoms with E-state index in [0.29, 0.717) is 10.7 Å². The summed E-state index contributed by atoms with van der Waals surface area (Å²) in [5, 5.41) is 1.94. The molecule has 0 unspecified atom stereocenters. The van der Waals surface area contributed by atoms with Crippen LogP contribution in [0.25, 0.3) is 28.4 Å². The van der Waals surface area contributed by atoms with Crippen LogP contribution in [0.4, 0.5) is 0 Å². The predicted molar refractivity (Wildman–Crippen MR) is 95.7 cm³/mol. The van der Waals surface area contributed by atoms with Crippen LogP contribution >= 0.6 is 11.3 Å². The molecule has 0 N–H and O–H groups in total. The van der Waals surface area contributed by atoms with Crippen molar-refractivity contribution in [2.24, 2.45) is 0 Å². The zero-order valence-corrected chi connectivity index (χ0v) is 13.4. The van der Waals surface area contributed by atoms with Gasteiger partial charge in [-0.1, -0.05) is 12.1 Å². The van der Waals surface area contributed by atoms with Crippen LogP contribution in [0.1, 0.15) is 11.3 Å². The molecule has 0 bridgehead atoms. The topological polar surface area (TPSA) is 60.2 Å². The van der Waals surface area contributed by atoms with Crippen molar-refractivity contribution in [1.82, 2.24) is 19.4 Å². The van der Waals surface area contributed by atoms with Gasteiger partial charge in [-0.25, -0.2) is 4.98 Å². The van der Waals surface area contributed by atoms with Gasteiger partial charge in [-0.05, 0) is 29.8 Å². The normalized spacial score (nSPS) is 11.3. The Kier molecular flexibility index (Phi) is 3.72. The Morgan fingerprint density at radius 1 is 1.04 bits per heavy atom. The standard InChI is InChI=1S/C18H12N4OS/c23-17-10-15(4-3-13-2-1-7-20-11-13)21-18-22(17)16(12-24-18)14-5-8-19-9-6-14/h1-12H/b4-3+. The quantitative estimate of drug-likeness (QED) is 0.577. The molecule has 4 heterocycles. The maximum Gasteiger partial charge on any atom is 0.259 e.